The van der Waals surface area contributed by atoms with Crippen molar-refractivity contribution < 1.29 is 14.0 Å². The summed E-state index contributed by atoms with van der Waals surface area (Å²) in [7, 11) is 0. The Morgan fingerprint density at radius 2 is 2.05 bits per heavy atom. The zero-order chi connectivity index (χ0) is 16.1. The Balaban J connectivity index is 2.24. The highest BCUT2D eigenvalue weighted by Gasteiger charge is 2.15. The predicted molar refractivity (Wildman–Crippen MR) is 79.2 cm³/mol. The molecule has 1 fully saturated rings. The summed E-state index contributed by atoms with van der Waals surface area (Å²) >= 11 is 0. The number of hydrogen-bond acceptors (Lipinski definition) is 4. The molecule has 3 amide bonds. The maximum Gasteiger partial charge on any atom is 0.319 e. The number of nitrogens with two attached hydrogens (primary N) is 1. The number of hydrogen-bond donors (Lipinski definition) is 2. The van der Waals surface area contributed by atoms with Crippen molar-refractivity contribution in [2.24, 2.45) is 5.73 Å². The number of urea groups is 1. The Morgan fingerprint density at radius 1 is 1.36 bits per heavy atom. The molecule has 1 aliphatic heterocycles. The van der Waals surface area contributed by atoms with Crippen molar-refractivity contribution in [3.63, 3.8) is 0 Å². The van der Waals surface area contributed by atoms with Gasteiger partial charge in [0.1, 0.15) is 17.5 Å². The van der Waals surface area contributed by atoms with E-state index in [-0.39, 0.29) is 5.56 Å². The SMILES string of the molecule is N#C/C(=C/c1ccc(N2CCCC2)cc1F)C(=O)NC(N)=O. The topological polar surface area (TPSA) is 99.2 Å². The van der Waals surface area contributed by atoms with Crippen molar-refractivity contribution in [1.29, 1.82) is 5.26 Å². The van der Waals surface area contributed by atoms with E-state index in [1.165, 1.54) is 12.1 Å². The first-order valence-electron chi connectivity index (χ1n) is 6.78. The smallest absolute Gasteiger partial charge is 0.319 e. The number of nitrogens with zero attached hydrogens (tertiary/aromatic N) is 2. The molecule has 1 aromatic rings. The molecule has 0 spiro atoms. The van der Waals surface area contributed by atoms with Gasteiger partial charge in [0, 0.05) is 24.3 Å². The van der Waals surface area contributed by atoms with Crippen molar-refractivity contribution in [3.8, 4) is 6.07 Å². The van der Waals surface area contributed by atoms with Gasteiger partial charge >= 0.3 is 6.03 Å². The molecule has 3 N–H and O–H groups in total. The lowest BCUT2D eigenvalue weighted by Gasteiger charge is -2.17. The van der Waals surface area contributed by atoms with Gasteiger partial charge in [0.15, 0.2) is 0 Å². The average molecular weight is 302 g/mol. The maximum atomic E-state index is 14.1. The first-order chi connectivity index (χ1) is 10.5. The quantitative estimate of drug-likeness (QED) is 0.653. The fourth-order valence-corrected chi connectivity index (χ4v) is 2.29. The summed E-state index contributed by atoms with van der Waals surface area (Å²) in [6.07, 6.45) is 3.24. The van der Waals surface area contributed by atoms with Gasteiger partial charge in [-0.2, -0.15) is 5.26 Å². The molecule has 0 unspecified atom stereocenters. The lowest BCUT2D eigenvalue weighted by molar-refractivity contribution is -0.115. The number of carbonyl (C=O) groups is 2. The van der Waals surface area contributed by atoms with Crippen molar-refractivity contribution in [2.75, 3.05) is 18.0 Å². The lowest BCUT2D eigenvalue weighted by atomic mass is 10.1. The van der Waals surface area contributed by atoms with Crippen LogP contribution in [0, 0.1) is 17.1 Å². The van der Waals surface area contributed by atoms with Crippen LogP contribution in [0.4, 0.5) is 14.9 Å². The van der Waals surface area contributed by atoms with E-state index in [9.17, 15) is 14.0 Å². The van der Waals surface area contributed by atoms with E-state index in [2.05, 4.69) is 4.90 Å². The zero-order valence-corrected chi connectivity index (χ0v) is 11.8. The number of nitriles is 1. The van der Waals surface area contributed by atoms with Crippen molar-refractivity contribution in [3.05, 3.63) is 35.2 Å². The number of carbonyl (C=O) groups excluding carboxylic acids is 2. The van der Waals surface area contributed by atoms with Gasteiger partial charge in [-0.05, 0) is 37.1 Å². The number of amides is 3. The van der Waals surface area contributed by atoms with E-state index in [0.717, 1.165) is 37.7 Å². The van der Waals surface area contributed by atoms with E-state index in [4.69, 9.17) is 11.0 Å². The first-order valence-corrected chi connectivity index (χ1v) is 6.78. The number of anilines is 1. The van der Waals surface area contributed by atoms with E-state index < -0.39 is 23.3 Å². The summed E-state index contributed by atoms with van der Waals surface area (Å²) in [6.45, 7) is 1.78. The van der Waals surface area contributed by atoms with Crippen LogP contribution in [0.25, 0.3) is 6.08 Å². The second kappa shape index (κ2) is 6.72. The number of imide groups is 1. The van der Waals surface area contributed by atoms with Crippen LogP contribution in [0.5, 0.6) is 0 Å². The summed E-state index contributed by atoms with van der Waals surface area (Å²) in [5, 5.41) is 10.7. The molecule has 2 rings (SSSR count). The molecule has 0 aromatic heterocycles. The molecular weight excluding hydrogens is 287 g/mol. The minimum absolute atomic E-state index is 0.0964. The highest BCUT2D eigenvalue weighted by Crippen LogP contribution is 2.23. The largest absolute Gasteiger partial charge is 0.371 e. The van der Waals surface area contributed by atoms with Crippen LogP contribution >= 0.6 is 0 Å². The van der Waals surface area contributed by atoms with Crippen molar-refractivity contribution >= 4 is 23.7 Å². The second-order valence-electron chi connectivity index (χ2n) is 4.89. The molecule has 1 heterocycles. The fourth-order valence-electron chi connectivity index (χ4n) is 2.29. The summed E-state index contributed by atoms with van der Waals surface area (Å²) in [4.78, 5) is 24.2. The van der Waals surface area contributed by atoms with Gasteiger partial charge in [-0.1, -0.05) is 0 Å². The molecule has 0 bridgehead atoms. The summed E-state index contributed by atoms with van der Waals surface area (Å²) in [5.41, 5.74) is 5.28. The fraction of sp³-hybridized carbons (Fsp3) is 0.267. The molecule has 7 heteroatoms. The Labute approximate surface area is 127 Å². The number of halogens is 1. The number of primary amides is 1. The van der Waals surface area contributed by atoms with E-state index >= 15 is 0 Å². The molecule has 0 atom stereocenters. The minimum atomic E-state index is -1.07. The number of rotatable bonds is 3. The first kappa shape index (κ1) is 15.5. The standard InChI is InChI=1S/C15H15FN4O2/c16-13-8-12(20-5-1-2-6-20)4-3-10(13)7-11(9-17)14(21)19-15(18)22/h3-4,7-8H,1-2,5-6H2,(H3,18,19,21,22)/b11-7-. The molecule has 0 saturated carbocycles. The van der Waals surface area contributed by atoms with Gasteiger partial charge < -0.3 is 10.6 Å². The summed E-state index contributed by atoms with van der Waals surface area (Å²) in [5.74, 6) is -1.50. The Bertz CT molecular complexity index is 673. The van der Waals surface area contributed by atoms with Gasteiger partial charge in [0.2, 0.25) is 0 Å². The number of benzene rings is 1. The third-order valence-electron chi connectivity index (χ3n) is 3.36. The molecule has 6 nitrogen and oxygen atoms in total. The molecule has 1 saturated heterocycles. The molecule has 114 valence electrons. The van der Waals surface area contributed by atoms with Gasteiger partial charge in [0.25, 0.3) is 5.91 Å². The monoisotopic (exact) mass is 302 g/mol. The van der Waals surface area contributed by atoms with Crippen LogP contribution in [-0.2, 0) is 4.79 Å². The number of nitrogens with one attached hydrogen (secondary N) is 1. The van der Waals surface area contributed by atoms with Crippen LogP contribution in [-0.4, -0.2) is 25.0 Å². The Kier molecular flexibility index (Phi) is 4.73. The lowest BCUT2D eigenvalue weighted by Crippen LogP contribution is -2.35. The van der Waals surface area contributed by atoms with Crippen molar-refractivity contribution in [1.82, 2.24) is 5.32 Å². The van der Waals surface area contributed by atoms with Crippen LogP contribution in [0.3, 0.4) is 0 Å². The molecule has 1 aliphatic rings. The van der Waals surface area contributed by atoms with E-state index in [1.54, 1.807) is 17.5 Å². The highest BCUT2D eigenvalue weighted by molar-refractivity contribution is 6.08. The van der Waals surface area contributed by atoms with Gasteiger partial charge in [-0.3, -0.25) is 10.1 Å². The third-order valence-corrected chi connectivity index (χ3v) is 3.36. The Hall–Kier alpha value is -2.88. The highest BCUT2D eigenvalue weighted by atomic mass is 19.1. The second-order valence-corrected chi connectivity index (χ2v) is 4.89. The van der Waals surface area contributed by atoms with E-state index in [1.807, 2.05) is 0 Å². The molecule has 1 aromatic carbocycles. The summed E-state index contributed by atoms with van der Waals surface area (Å²) in [6, 6.07) is 5.15. The predicted octanol–water partition coefficient (Wildman–Crippen LogP) is 1.53. The maximum absolute atomic E-state index is 14.1. The Morgan fingerprint density at radius 3 is 2.59 bits per heavy atom. The van der Waals surface area contributed by atoms with Crippen LogP contribution in [0.2, 0.25) is 0 Å². The van der Waals surface area contributed by atoms with Crippen LogP contribution < -0.4 is 16.0 Å². The zero-order valence-electron chi connectivity index (χ0n) is 11.8. The molecule has 0 aliphatic carbocycles. The van der Waals surface area contributed by atoms with Gasteiger partial charge in [0.05, 0.1) is 0 Å². The summed E-state index contributed by atoms with van der Waals surface area (Å²) < 4.78 is 14.1. The normalized spacial score (nSPS) is 14.5. The molecular formula is C15H15FN4O2. The molecule has 22 heavy (non-hydrogen) atoms. The van der Waals surface area contributed by atoms with Gasteiger partial charge in [-0.25, -0.2) is 9.18 Å². The molecule has 0 radical (unpaired) electrons. The average Bonchev–Trinajstić information content (AvgIpc) is 2.99. The minimum Gasteiger partial charge on any atom is -0.371 e. The van der Waals surface area contributed by atoms with Crippen LogP contribution in [0.15, 0.2) is 23.8 Å². The third kappa shape index (κ3) is 3.61. The van der Waals surface area contributed by atoms with Gasteiger partial charge in [-0.15, -0.1) is 0 Å². The van der Waals surface area contributed by atoms with Crippen LogP contribution in [0.1, 0.15) is 18.4 Å². The van der Waals surface area contributed by atoms with Crippen molar-refractivity contribution in [2.45, 2.75) is 12.8 Å². The van der Waals surface area contributed by atoms with E-state index in [0.29, 0.717) is 0 Å².